The van der Waals surface area contributed by atoms with Crippen LogP contribution in [0.15, 0.2) is 35.4 Å². The first kappa shape index (κ1) is 22.3. The average Bonchev–Trinajstić information content (AvgIpc) is 3.38. The highest BCUT2D eigenvalue weighted by Crippen LogP contribution is 2.63. The predicted octanol–water partition coefficient (Wildman–Crippen LogP) is 6.74. The zero-order valence-corrected chi connectivity index (χ0v) is 20.4. The van der Waals surface area contributed by atoms with Gasteiger partial charge in [-0.15, -0.1) is 0 Å². The molecule has 3 saturated carbocycles. The molecule has 5 atom stereocenters. The molecule has 4 aliphatic carbocycles. The minimum absolute atomic E-state index is 0.134. The molecule has 32 heavy (non-hydrogen) atoms. The lowest BCUT2D eigenvalue weighted by molar-refractivity contribution is -0.181. The van der Waals surface area contributed by atoms with Gasteiger partial charge in [0.25, 0.3) is 0 Å². The minimum Gasteiger partial charge on any atom is -0.348 e. The Morgan fingerprint density at radius 3 is 2.38 bits per heavy atom. The van der Waals surface area contributed by atoms with Crippen LogP contribution < -0.4 is 0 Å². The summed E-state index contributed by atoms with van der Waals surface area (Å²) in [5, 5.41) is 0. The van der Waals surface area contributed by atoms with Crippen molar-refractivity contribution in [3.63, 3.8) is 0 Å². The van der Waals surface area contributed by atoms with Crippen LogP contribution in [0.1, 0.15) is 89.2 Å². The van der Waals surface area contributed by atoms with E-state index in [1.165, 1.54) is 24.0 Å². The van der Waals surface area contributed by atoms with Crippen molar-refractivity contribution in [1.29, 1.82) is 0 Å². The summed E-state index contributed by atoms with van der Waals surface area (Å²) in [5.41, 5.74) is 6.02. The fraction of sp³-hybridized carbons (Fsp3) is 0.690. The highest BCUT2D eigenvalue weighted by atomic mass is 16.7. The van der Waals surface area contributed by atoms with Gasteiger partial charge in [0, 0.05) is 30.6 Å². The Labute approximate surface area is 194 Å². The maximum absolute atomic E-state index is 13.0. The number of ether oxygens (including phenoxy) is 2. The lowest BCUT2D eigenvalue weighted by Gasteiger charge is -2.52. The van der Waals surface area contributed by atoms with Gasteiger partial charge < -0.3 is 9.47 Å². The van der Waals surface area contributed by atoms with Crippen LogP contribution in [-0.2, 0) is 14.3 Å². The van der Waals surface area contributed by atoms with Crippen LogP contribution in [0.25, 0.3) is 0 Å². The third kappa shape index (κ3) is 3.42. The summed E-state index contributed by atoms with van der Waals surface area (Å²) >= 11 is 0. The summed E-state index contributed by atoms with van der Waals surface area (Å²) in [6.07, 6.45) is 8.48. The standard InChI is InChI=1S/C27H34O3.C2H6/c1-17-3-5-18(6-4-17)22-16-26(2)23(9-10-24(26)28)21-8-7-19-15-27(29-13-14-30-27)12-11-20(19)25(21)22;1-2/h3-6,19,21-23H,7-16H2,1-2H3;1-2H3. The fourth-order valence-electron chi connectivity index (χ4n) is 7.86. The zero-order valence-electron chi connectivity index (χ0n) is 20.4. The van der Waals surface area contributed by atoms with Crippen LogP contribution in [0.2, 0.25) is 0 Å². The summed E-state index contributed by atoms with van der Waals surface area (Å²) < 4.78 is 12.2. The number of Topliss-reactive ketones (excluding diaryl/α,β-unsaturated/α-hetero) is 1. The van der Waals surface area contributed by atoms with Gasteiger partial charge in [0.1, 0.15) is 5.78 Å². The monoisotopic (exact) mass is 436 g/mol. The Kier molecular flexibility index (Phi) is 5.87. The van der Waals surface area contributed by atoms with E-state index < -0.39 is 0 Å². The van der Waals surface area contributed by atoms with Gasteiger partial charge in [0.2, 0.25) is 0 Å². The molecule has 1 aromatic rings. The van der Waals surface area contributed by atoms with Crippen molar-refractivity contribution in [3.8, 4) is 0 Å². The second kappa shape index (κ2) is 8.40. The average molecular weight is 437 g/mol. The van der Waals surface area contributed by atoms with Crippen LogP contribution in [0, 0.1) is 30.1 Å². The van der Waals surface area contributed by atoms with Crippen molar-refractivity contribution in [2.45, 2.75) is 90.8 Å². The molecule has 4 fully saturated rings. The van der Waals surface area contributed by atoms with Crippen molar-refractivity contribution >= 4 is 5.78 Å². The highest BCUT2D eigenvalue weighted by Gasteiger charge is 2.57. The van der Waals surface area contributed by atoms with Crippen molar-refractivity contribution in [1.82, 2.24) is 0 Å². The van der Waals surface area contributed by atoms with E-state index in [0.717, 1.165) is 51.7 Å². The van der Waals surface area contributed by atoms with Crippen molar-refractivity contribution in [3.05, 3.63) is 46.5 Å². The van der Waals surface area contributed by atoms with E-state index in [0.29, 0.717) is 29.5 Å². The largest absolute Gasteiger partial charge is 0.348 e. The summed E-state index contributed by atoms with van der Waals surface area (Å²) in [5.74, 6) is 2.34. The Balaban J connectivity index is 0.00000105. The van der Waals surface area contributed by atoms with Gasteiger partial charge in [-0.1, -0.05) is 61.7 Å². The van der Waals surface area contributed by atoms with E-state index in [1.807, 2.05) is 13.8 Å². The third-order valence-corrected chi connectivity index (χ3v) is 9.34. The zero-order chi connectivity index (χ0) is 22.5. The minimum atomic E-state index is -0.312. The number of aryl methyl sites for hydroxylation is 1. The molecule has 0 bridgehead atoms. The molecule has 0 aromatic heterocycles. The van der Waals surface area contributed by atoms with Crippen molar-refractivity contribution in [2.75, 3.05) is 13.2 Å². The topological polar surface area (TPSA) is 35.5 Å². The lowest BCUT2D eigenvalue weighted by atomic mass is 9.52. The normalized spacial score (nSPS) is 37.4. The SMILES string of the molecule is CC.Cc1ccc(C2CC3(C)C(=O)CCC3C3CCC4CC5(CCC4=C23)OCCO5)cc1. The van der Waals surface area contributed by atoms with Crippen LogP contribution in [-0.4, -0.2) is 24.8 Å². The van der Waals surface area contributed by atoms with Gasteiger partial charge in [-0.2, -0.15) is 0 Å². The van der Waals surface area contributed by atoms with Gasteiger partial charge >= 0.3 is 0 Å². The number of hydrogen-bond acceptors (Lipinski definition) is 3. The van der Waals surface area contributed by atoms with Crippen molar-refractivity contribution < 1.29 is 14.3 Å². The molecular formula is C29H40O3. The number of carbonyl (C=O) groups is 1. The molecule has 0 amide bonds. The molecule has 3 heteroatoms. The molecule has 174 valence electrons. The number of hydrogen-bond donors (Lipinski definition) is 0. The molecule has 0 N–H and O–H groups in total. The molecule has 1 saturated heterocycles. The van der Waals surface area contributed by atoms with Gasteiger partial charge in [-0.05, 0) is 62.3 Å². The fourth-order valence-corrected chi connectivity index (χ4v) is 7.86. The molecule has 1 spiro atoms. The van der Waals surface area contributed by atoms with Gasteiger partial charge in [0.15, 0.2) is 5.79 Å². The van der Waals surface area contributed by atoms with Crippen molar-refractivity contribution in [2.24, 2.45) is 23.2 Å². The Morgan fingerprint density at radius 2 is 1.66 bits per heavy atom. The molecule has 0 radical (unpaired) electrons. The third-order valence-electron chi connectivity index (χ3n) is 9.34. The van der Waals surface area contributed by atoms with E-state index in [2.05, 4.69) is 38.1 Å². The summed E-state index contributed by atoms with van der Waals surface area (Å²) in [6.45, 7) is 9.94. The van der Waals surface area contributed by atoms with Gasteiger partial charge in [-0.3, -0.25) is 4.79 Å². The molecule has 3 nitrogen and oxygen atoms in total. The molecular weight excluding hydrogens is 396 g/mol. The van der Waals surface area contributed by atoms with E-state index in [1.54, 1.807) is 11.1 Å². The number of benzene rings is 1. The highest BCUT2D eigenvalue weighted by molar-refractivity contribution is 5.87. The second-order valence-corrected chi connectivity index (χ2v) is 10.8. The number of fused-ring (bicyclic) bond motifs is 4. The Hall–Kier alpha value is -1.45. The molecule has 5 aliphatic rings. The van der Waals surface area contributed by atoms with E-state index in [-0.39, 0.29) is 11.2 Å². The molecule has 5 unspecified atom stereocenters. The van der Waals surface area contributed by atoms with E-state index >= 15 is 0 Å². The molecule has 6 rings (SSSR count). The summed E-state index contributed by atoms with van der Waals surface area (Å²) in [4.78, 5) is 13.0. The summed E-state index contributed by atoms with van der Waals surface area (Å²) in [6, 6.07) is 9.14. The van der Waals surface area contributed by atoms with Gasteiger partial charge in [-0.25, -0.2) is 0 Å². The molecule has 1 heterocycles. The number of ketones is 1. The van der Waals surface area contributed by atoms with Crippen LogP contribution in [0.3, 0.4) is 0 Å². The maximum Gasteiger partial charge on any atom is 0.169 e. The maximum atomic E-state index is 13.0. The molecule has 1 aliphatic heterocycles. The predicted molar refractivity (Wildman–Crippen MR) is 127 cm³/mol. The lowest BCUT2D eigenvalue weighted by Crippen LogP contribution is -2.46. The van der Waals surface area contributed by atoms with Crippen LogP contribution in [0.5, 0.6) is 0 Å². The molecule has 1 aromatic carbocycles. The second-order valence-electron chi connectivity index (χ2n) is 10.8. The van der Waals surface area contributed by atoms with E-state index in [4.69, 9.17) is 9.47 Å². The smallest absolute Gasteiger partial charge is 0.169 e. The summed E-state index contributed by atoms with van der Waals surface area (Å²) in [7, 11) is 0. The first-order valence-corrected chi connectivity index (χ1v) is 13.1. The first-order chi connectivity index (χ1) is 15.5. The van der Waals surface area contributed by atoms with Crippen LogP contribution >= 0.6 is 0 Å². The Bertz CT molecular complexity index is 891. The van der Waals surface area contributed by atoms with E-state index in [9.17, 15) is 4.79 Å². The number of allylic oxidation sites excluding steroid dienone is 2. The first-order valence-electron chi connectivity index (χ1n) is 13.1. The quantitative estimate of drug-likeness (QED) is 0.457. The van der Waals surface area contributed by atoms with Crippen LogP contribution in [0.4, 0.5) is 0 Å². The number of carbonyl (C=O) groups excluding carboxylic acids is 1. The van der Waals surface area contributed by atoms with Gasteiger partial charge in [0.05, 0.1) is 13.2 Å². The Morgan fingerprint density at radius 1 is 0.938 bits per heavy atom. The number of rotatable bonds is 1.